The number of hydrogen-bond donors (Lipinski definition) is 2. The lowest BCUT2D eigenvalue weighted by Crippen LogP contribution is -2.39. The Morgan fingerprint density at radius 2 is 2.06 bits per heavy atom. The molecule has 1 aromatic carbocycles. The largest absolute Gasteiger partial charge is 0.481 e. The van der Waals surface area contributed by atoms with Crippen LogP contribution in [0.4, 0.5) is 17.1 Å². The second-order valence-corrected chi connectivity index (χ2v) is 7.82. The lowest BCUT2D eigenvalue weighted by molar-refractivity contribution is -0.137. The zero-order chi connectivity index (χ0) is 22.2. The minimum Gasteiger partial charge on any atom is -0.481 e. The summed E-state index contributed by atoms with van der Waals surface area (Å²) >= 11 is 0. The van der Waals surface area contributed by atoms with Gasteiger partial charge in [-0.25, -0.2) is 4.98 Å². The van der Waals surface area contributed by atoms with E-state index in [0.717, 1.165) is 61.6 Å². The van der Waals surface area contributed by atoms with Gasteiger partial charge >= 0.3 is 5.97 Å². The van der Waals surface area contributed by atoms with E-state index in [9.17, 15) is 9.90 Å². The molecule has 0 saturated carbocycles. The van der Waals surface area contributed by atoms with Crippen LogP contribution in [-0.4, -0.2) is 49.0 Å². The molecule has 7 heteroatoms. The van der Waals surface area contributed by atoms with Crippen LogP contribution in [0.1, 0.15) is 51.0 Å². The molecule has 2 aromatic rings. The summed E-state index contributed by atoms with van der Waals surface area (Å²) in [4.78, 5) is 18.1. The number of carboxylic acids is 1. The summed E-state index contributed by atoms with van der Waals surface area (Å²) < 4.78 is 10.7. The smallest absolute Gasteiger partial charge is 0.303 e. The minimum absolute atomic E-state index is 0.0285. The number of nitrogens with zero attached hydrogens (tertiary/aromatic N) is 2. The average molecular weight is 428 g/mol. The lowest BCUT2D eigenvalue weighted by atomic mass is 9.92. The Bertz CT molecular complexity index is 850. The Morgan fingerprint density at radius 3 is 2.65 bits per heavy atom. The van der Waals surface area contributed by atoms with Gasteiger partial charge in [-0.15, -0.1) is 0 Å². The summed E-state index contributed by atoms with van der Waals surface area (Å²) in [5.41, 5.74) is 3.95. The van der Waals surface area contributed by atoms with Crippen LogP contribution in [0.5, 0.6) is 5.88 Å². The first-order chi connectivity index (χ1) is 15.0. The maximum Gasteiger partial charge on any atom is 0.303 e. The molecule has 31 heavy (non-hydrogen) atoms. The van der Waals surface area contributed by atoms with Crippen molar-refractivity contribution >= 4 is 23.0 Å². The average Bonchev–Trinajstić information content (AvgIpc) is 2.80. The molecule has 2 heterocycles. The Kier molecular flexibility index (Phi) is 8.12. The van der Waals surface area contributed by atoms with Crippen molar-refractivity contribution in [1.82, 2.24) is 4.98 Å². The molecule has 0 spiro atoms. The molecule has 1 aliphatic heterocycles. The van der Waals surface area contributed by atoms with Gasteiger partial charge in [-0.05, 0) is 55.9 Å². The molecule has 0 aliphatic carbocycles. The molecule has 1 aliphatic rings. The molecule has 1 saturated heterocycles. The van der Waals surface area contributed by atoms with E-state index < -0.39 is 5.97 Å². The summed E-state index contributed by atoms with van der Waals surface area (Å²) in [6, 6.07) is 10.5. The van der Waals surface area contributed by atoms with Gasteiger partial charge in [-0.1, -0.05) is 13.0 Å². The van der Waals surface area contributed by atoms with Gasteiger partial charge in [0.1, 0.15) is 0 Å². The third-order valence-electron chi connectivity index (χ3n) is 5.91. The van der Waals surface area contributed by atoms with E-state index in [0.29, 0.717) is 11.9 Å². The highest BCUT2D eigenvalue weighted by Crippen LogP contribution is 2.36. The number of nitrogens with one attached hydrogen (secondary N) is 1. The van der Waals surface area contributed by atoms with Crippen LogP contribution in [-0.2, 0) is 9.53 Å². The number of benzene rings is 1. The number of methoxy groups -OCH3 is 1. The molecule has 0 amide bonds. The number of hydrogen-bond acceptors (Lipinski definition) is 6. The van der Waals surface area contributed by atoms with Crippen molar-refractivity contribution in [3.8, 4) is 5.88 Å². The SMILES string of the molecule is CC[C@@H](CC(=O)O)c1ccc(N(CC)C2CCOCC2)c(Nc2ccc(OC)nc2)c1. The highest BCUT2D eigenvalue weighted by atomic mass is 16.5. The molecule has 1 fully saturated rings. The van der Waals surface area contributed by atoms with E-state index in [-0.39, 0.29) is 12.3 Å². The molecule has 7 nitrogen and oxygen atoms in total. The van der Waals surface area contributed by atoms with Gasteiger partial charge in [0.05, 0.1) is 36.8 Å². The zero-order valence-electron chi connectivity index (χ0n) is 18.6. The molecular formula is C24H33N3O4. The van der Waals surface area contributed by atoms with Crippen molar-refractivity contribution in [2.45, 2.75) is 51.5 Å². The monoisotopic (exact) mass is 427 g/mol. The van der Waals surface area contributed by atoms with Crippen LogP contribution < -0.4 is 15.0 Å². The van der Waals surface area contributed by atoms with E-state index >= 15 is 0 Å². The topological polar surface area (TPSA) is 83.9 Å². The number of rotatable bonds is 10. The predicted octanol–water partition coefficient (Wildman–Crippen LogP) is 4.81. The number of ether oxygens (including phenoxy) is 2. The number of carboxylic acid groups (broad SMARTS) is 1. The summed E-state index contributed by atoms with van der Waals surface area (Å²) in [6.07, 6.45) is 4.63. The molecule has 168 valence electrons. The summed E-state index contributed by atoms with van der Waals surface area (Å²) in [7, 11) is 1.59. The van der Waals surface area contributed by atoms with Gasteiger partial charge in [-0.3, -0.25) is 4.79 Å². The molecule has 3 rings (SSSR count). The van der Waals surface area contributed by atoms with E-state index in [1.807, 2.05) is 19.1 Å². The van der Waals surface area contributed by atoms with Crippen LogP contribution >= 0.6 is 0 Å². The standard InChI is InChI=1S/C24H33N3O4/c1-4-17(15-24(28)29)18-6-8-22(27(5-2)20-10-12-31-13-11-20)21(14-18)26-19-7-9-23(30-3)25-16-19/h6-9,14,16-17,20,26H,4-5,10-13,15H2,1-3H3,(H,28,29)/t17-/m0/s1. The van der Waals surface area contributed by atoms with Crippen molar-refractivity contribution in [1.29, 1.82) is 0 Å². The molecule has 2 N–H and O–H groups in total. The van der Waals surface area contributed by atoms with Gasteiger partial charge in [0.2, 0.25) is 5.88 Å². The Balaban J connectivity index is 1.97. The molecule has 0 unspecified atom stereocenters. The number of aromatic nitrogens is 1. The molecule has 0 bridgehead atoms. The third kappa shape index (κ3) is 5.88. The minimum atomic E-state index is -0.776. The maximum absolute atomic E-state index is 11.4. The van der Waals surface area contributed by atoms with Gasteiger partial charge in [0, 0.05) is 31.9 Å². The lowest BCUT2D eigenvalue weighted by Gasteiger charge is -2.37. The molecule has 1 atom stereocenters. The number of anilines is 3. The van der Waals surface area contributed by atoms with Crippen LogP contribution in [0.15, 0.2) is 36.5 Å². The number of pyridine rings is 1. The van der Waals surface area contributed by atoms with Crippen LogP contribution in [0, 0.1) is 0 Å². The fourth-order valence-corrected chi connectivity index (χ4v) is 4.22. The maximum atomic E-state index is 11.4. The number of carbonyl (C=O) groups is 1. The second kappa shape index (κ2) is 11.0. The van der Waals surface area contributed by atoms with E-state index in [4.69, 9.17) is 9.47 Å². The first-order valence-corrected chi connectivity index (χ1v) is 11.0. The van der Waals surface area contributed by atoms with Gasteiger partial charge < -0.3 is 24.8 Å². The Hall–Kier alpha value is -2.80. The molecule has 0 radical (unpaired) electrons. The van der Waals surface area contributed by atoms with Gasteiger partial charge in [-0.2, -0.15) is 0 Å². The quantitative estimate of drug-likeness (QED) is 0.563. The fourth-order valence-electron chi connectivity index (χ4n) is 4.22. The summed E-state index contributed by atoms with van der Waals surface area (Å²) in [5, 5.41) is 12.8. The first kappa shape index (κ1) is 22.9. The van der Waals surface area contributed by atoms with Crippen LogP contribution in [0.2, 0.25) is 0 Å². The number of aliphatic carboxylic acids is 1. The predicted molar refractivity (Wildman–Crippen MR) is 123 cm³/mol. The van der Waals surface area contributed by atoms with Gasteiger partial charge in [0.15, 0.2) is 0 Å². The highest BCUT2D eigenvalue weighted by Gasteiger charge is 2.24. The normalized spacial score (nSPS) is 15.3. The molecule has 1 aromatic heterocycles. The van der Waals surface area contributed by atoms with Crippen molar-refractivity contribution < 1.29 is 19.4 Å². The first-order valence-electron chi connectivity index (χ1n) is 11.0. The van der Waals surface area contributed by atoms with Crippen LogP contribution in [0.3, 0.4) is 0 Å². The van der Waals surface area contributed by atoms with Crippen molar-refractivity contribution in [2.75, 3.05) is 37.1 Å². The Labute approximate surface area is 184 Å². The van der Waals surface area contributed by atoms with Crippen molar-refractivity contribution in [2.24, 2.45) is 0 Å². The van der Waals surface area contributed by atoms with Crippen molar-refractivity contribution in [3.63, 3.8) is 0 Å². The summed E-state index contributed by atoms with van der Waals surface area (Å²) in [5.74, 6) is -0.245. The van der Waals surface area contributed by atoms with Crippen LogP contribution in [0.25, 0.3) is 0 Å². The van der Waals surface area contributed by atoms with Gasteiger partial charge in [0.25, 0.3) is 0 Å². The summed E-state index contributed by atoms with van der Waals surface area (Å²) in [6.45, 7) is 6.64. The fraction of sp³-hybridized carbons (Fsp3) is 0.500. The zero-order valence-corrected chi connectivity index (χ0v) is 18.6. The van der Waals surface area contributed by atoms with E-state index in [1.54, 1.807) is 13.3 Å². The third-order valence-corrected chi connectivity index (χ3v) is 5.91. The second-order valence-electron chi connectivity index (χ2n) is 7.82. The highest BCUT2D eigenvalue weighted by molar-refractivity contribution is 5.77. The Morgan fingerprint density at radius 1 is 1.29 bits per heavy atom. The van der Waals surface area contributed by atoms with E-state index in [2.05, 4.69) is 40.3 Å². The van der Waals surface area contributed by atoms with Crippen molar-refractivity contribution in [3.05, 3.63) is 42.1 Å². The molecular weight excluding hydrogens is 394 g/mol. The van der Waals surface area contributed by atoms with E-state index in [1.165, 1.54) is 0 Å².